The third kappa shape index (κ3) is 4.13. The summed E-state index contributed by atoms with van der Waals surface area (Å²) in [6.07, 6.45) is 8.65. The Labute approximate surface area is 112 Å². The maximum atomic E-state index is 3.67. The van der Waals surface area contributed by atoms with Gasteiger partial charge in [0.2, 0.25) is 0 Å². The molecule has 2 rings (SSSR count). The van der Waals surface area contributed by atoms with Gasteiger partial charge in [-0.3, -0.25) is 0 Å². The molecule has 0 aromatic heterocycles. The van der Waals surface area contributed by atoms with Crippen LogP contribution >= 0.6 is 0 Å². The zero-order valence-electron chi connectivity index (χ0n) is 11.9. The van der Waals surface area contributed by atoms with E-state index < -0.39 is 0 Å². The highest BCUT2D eigenvalue weighted by atomic mass is 14.9. The Morgan fingerprint density at radius 2 is 2.00 bits per heavy atom. The van der Waals surface area contributed by atoms with Gasteiger partial charge in [-0.2, -0.15) is 0 Å². The van der Waals surface area contributed by atoms with E-state index in [0.29, 0.717) is 6.04 Å². The van der Waals surface area contributed by atoms with Crippen LogP contribution in [0.3, 0.4) is 0 Å². The smallest absolute Gasteiger partial charge is 0.0291 e. The first-order valence-electron chi connectivity index (χ1n) is 7.55. The lowest BCUT2D eigenvalue weighted by Gasteiger charge is -2.23. The van der Waals surface area contributed by atoms with Gasteiger partial charge < -0.3 is 5.32 Å². The van der Waals surface area contributed by atoms with Gasteiger partial charge in [-0.25, -0.2) is 0 Å². The standard InChI is InChI=1S/C17H27N/c1-14-7-6-10-17(13-14)15(2)18-12-11-16-8-4-3-5-9-16/h6-7,10,13,15-16,18H,3-5,8-9,11-12H2,1-2H3/t15-/m1/s1. The predicted molar refractivity (Wildman–Crippen MR) is 78.8 cm³/mol. The van der Waals surface area contributed by atoms with E-state index in [0.717, 1.165) is 5.92 Å². The van der Waals surface area contributed by atoms with Gasteiger partial charge in [-0.15, -0.1) is 0 Å². The van der Waals surface area contributed by atoms with Gasteiger partial charge in [-0.05, 0) is 38.3 Å². The predicted octanol–water partition coefficient (Wildman–Crippen LogP) is 4.62. The molecule has 18 heavy (non-hydrogen) atoms. The Balaban J connectivity index is 1.72. The van der Waals surface area contributed by atoms with E-state index in [1.54, 1.807) is 0 Å². The molecule has 1 aromatic carbocycles. The lowest BCUT2D eigenvalue weighted by molar-refractivity contribution is 0.329. The van der Waals surface area contributed by atoms with E-state index in [1.807, 2.05) is 0 Å². The largest absolute Gasteiger partial charge is 0.310 e. The lowest BCUT2D eigenvalue weighted by Crippen LogP contribution is -2.22. The van der Waals surface area contributed by atoms with Crippen molar-refractivity contribution < 1.29 is 0 Å². The summed E-state index contributed by atoms with van der Waals surface area (Å²) in [5.74, 6) is 0.982. The lowest BCUT2D eigenvalue weighted by atomic mass is 9.87. The molecule has 0 amide bonds. The first-order chi connectivity index (χ1) is 8.75. The molecule has 0 heterocycles. The minimum atomic E-state index is 0.480. The zero-order chi connectivity index (χ0) is 12.8. The Hall–Kier alpha value is -0.820. The fraction of sp³-hybridized carbons (Fsp3) is 0.647. The van der Waals surface area contributed by atoms with Crippen molar-refractivity contribution in [3.63, 3.8) is 0 Å². The monoisotopic (exact) mass is 245 g/mol. The van der Waals surface area contributed by atoms with Crippen LogP contribution in [-0.2, 0) is 0 Å². The van der Waals surface area contributed by atoms with Gasteiger partial charge in [-0.1, -0.05) is 61.9 Å². The van der Waals surface area contributed by atoms with Crippen LogP contribution in [0.15, 0.2) is 24.3 Å². The highest BCUT2D eigenvalue weighted by Gasteiger charge is 2.13. The third-order valence-corrected chi connectivity index (χ3v) is 4.27. The average molecular weight is 245 g/mol. The van der Waals surface area contributed by atoms with E-state index in [1.165, 1.54) is 56.2 Å². The molecule has 0 spiro atoms. The SMILES string of the molecule is Cc1cccc([C@@H](C)NCCC2CCCCC2)c1. The highest BCUT2D eigenvalue weighted by Crippen LogP contribution is 2.26. The fourth-order valence-corrected chi connectivity index (χ4v) is 3.04. The molecule has 0 radical (unpaired) electrons. The van der Waals surface area contributed by atoms with Crippen molar-refractivity contribution in [2.75, 3.05) is 6.54 Å². The Bertz CT molecular complexity index is 352. The second kappa shape index (κ2) is 6.94. The number of nitrogens with one attached hydrogen (secondary N) is 1. The summed E-state index contributed by atoms with van der Waals surface area (Å²) in [4.78, 5) is 0. The van der Waals surface area contributed by atoms with Crippen molar-refractivity contribution in [3.05, 3.63) is 35.4 Å². The summed E-state index contributed by atoms with van der Waals surface area (Å²) in [6, 6.07) is 9.32. The van der Waals surface area contributed by atoms with Crippen LogP contribution in [0.1, 0.15) is 62.6 Å². The van der Waals surface area contributed by atoms with Crippen LogP contribution in [0.2, 0.25) is 0 Å². The number of hydrogen-bond acceptors (Lipinski definition) is 1. The molecule has 1 N–H and O–H groups in total. The molecule has 1 aliphatic rings. The first kappa shape index (κ1) is 13.6. The minimum Gasteiger partial charge on any atom is -0.310 e. The minimum absolute atomic E-state index is 0.480. The van der Waals surface area contributed by atoms with Crippen LogP contribution in [0, 0.1) is 12.8 Å². The Morgan fingerprint density at radius 3 is 2.72 bits per heavy atom. The fourth-order valence-electron chi connectivity index (χ4n) is 3.04. The van der Waals surface area contributed by atoms with E-state index in [2.05, 4.69) is 43.4 Å². The second-order valence-corrected chi connectivity index (χ2v) is 5.88. The third-order valence-electron chi connectivity index (χ3n) is 4.27. The van der Waals surface area contributed by atoms with Gasteiger partial charge in [0.15, 0.2) is 0 Å². The highest BCUT2D eigenvalue weighted by molar-refractivity contribution is 5.24. The maximum absolute atomic E-state index is 3.67. The molecule has 100 valence electrons. The molecule has 1 aromatic rings. The molecule has 1 heteroatoms. The second-order valence-electron chi connectivity index (χ2n) is 5.88. The van der Waals surface area contributed by atoms with E-state index in [-0.39, 0.29) is 0 Å². The molecule has 0 saturated heterocycles. The van der Waals surface area contributed by atoms with Crippen LogP contribution in [0.5, 0.6) is 0 Å². The Kier molecular flexibility index (Phi) is 5.25. The van der Waals surface area contributed by atoms with Crippen molar-refractivity contribution in [1.82, 2.24) is 5.32 Å². The number of hydrogen-bond donors (Lipinski definition) is 1. The van der Waals surface area contributed by atoms with Gasteiger partial charge in [0.05, 0.1) is 0 Å². The van der Waals surface area contributed by atoms with Gasteiger partial charge in [0.1, 0.15) is 0 Å². The molecular formula is C17H27N. The van der Waals surface area contributed by atoms with Crippen LogP contribution in [0.4, 0.5) is 0 Å². The molecular weight excluding hydrogens is 218 g/mol. The summed E-state index contributed by atoms with van der Waals surface area (Å²) < 4.78 is 0. The summed E-state index contributed by atoms with van der Waals surface area (Å²) in [6.45, 7) is 5.60. The summed E-state index contributed by atoms with van der Waals surface area (Å²) in [5.41, 5.74) is 2.77. The molecule has 1 fully saturated rings. The molecule has 1 aliphatic carbocycles. The van der Waals surface area contributed by atoms with E-state index >= 15 is 0 Å². The maximum Gasteiger partial charge on any atom is 0.0291 e. The van der Waals surface area contributed by atoms with E-state index in [9.17, 15) is 0 Å². The molecule has 0 aliphatic heterocycles. The number of rotatable bonds is 5. The van der Waals surface area contributed by atoms with Crippen molar-refractivity contribution in [1.29, 1.82) is 0 Å². The van der Waals surface area contributed by atoms with Crippen LogP contribution < -0.4 is 5.32 Å². The molecule has 1 nitrogen and oxygen atoms in total. The van der Waals surface area contributed by atoms with Crippen molar-refractivity contribution >= 4 is 0 Å². The van der Waals surface area contributed by atoms with Crippen molar-refractivity contribution in [2.24, 2.45) is 5.92 Å². The number of benzene rings is 1. The zero-order valence-corrected chi connectivity index (χ0v) is 11.9. The average Bonchev–Trinajstić information content (AvgIpc) is 2.40. The Morgan fingerprint density at radius 1 is 1.22 bits per heavy atom. The van der Waals surface area contributed by atoms with Gasteiger partial charge >= 0.3 is 0 Å². The topological polar surface area (TPSA) is 12.0 Å². The normalized spacial score (nSPS) is 18.8. The first-order valence-corrected chi connectivity index (χ1v) is 7.55. The summed E-state index contributed by atoms with van der Waals surface area (Å²) >= 11 is 0. The van der Waals surface area contributed by atoms with Gasteiger partial charge in [0, 0.05) is 6.04 Å². The van der Waals surface area contributed by atoms with Gasteiger partial charge in [0.25, 0.3) is 0 Å². The van der Waals surface area contributed by atoms with Crippen LogP contribution in [0.25, 0.3) is 0 Å². The van der Waals surface area contributed by atoms with E-state index in [4.69, 9.17) is 0 Å². The molecule has 1 saturated carbocycles. The molecule has 1 atom stereocenters. The molecule has 0 unspecified atom stereocenters. The molecule has 0 bridgehead atoms. The summed E-state index contributed by atoms with van der Waals surface area (Å²) in [5, 5.41) is 3.67. The quantitative estimate of drug-likeness (QED) is 0.798. The summed E-state index contributed by atoms with van der Waals surface area (Å²) in [7, 11) is 0. The number of aryl methyl sites for hydroxylation is 1. The van der Waals surface area contributed by atoms with Crippen LogP contribution in [-0.4, -0.2) is 6.54 Å². The van der Waals surface area contributed by atoms with Crippen molar-refractivity contribution in [3.8, 4) is 0 Å². The van der Waals surface area contributed by atoms with Crippen molar-refractivity contribution in [2.45, 2.75) is 58.4 Å².